The quantitative estimate of drug-likeness (QED) is 0.232. The monoisotopic (exact) mass is 818 g/mol. The molecular weight excluding hydrogens is 756 g/mol. The molecule has 2 N–H and O–H groups in total. The Kier molecular flexibility index (Phi) is 20.4. The van der Waals surface area contributed by atoms with Crippen molar-refractivity contribution in [3.05, 3.63) is 46.5 Å². The summed E-state index contributed by atoms with van der Waals surface area (Å²) in [6.45, 7) is 9.00. The molecule has 2 aromatic rings. The SMILES string of the molecule is CC(=O)C1CCC(C(C)=O)CC1.COCC(C)(C)COC.COCC(CO)(CO)COC.COCN1C(=O)c2ccc3c4c(ccc(c24)C1=O)C(=O)N(COC)C3=O. The Labute approximate surface area is 341 Å². The maximum atomic E-state index is 12.7. The predicted molar refractivity (Wildman–Crippen MR) is 213 cm³/mol. The number of aliphatic hydroxyl groups excluding tert-OH is 2. The van der Waals surface area contributed by atoms with Crippen molar-refractivity contribution in [3.8, 4) is 0 Å². The number of hydrogen-bond donors (Lipinski definition) is 2. The van der Waals surface area contributed by atoms with Gasteiger partial charge in [-0.25, -0.2) is 0 Å². The molecule has 1 aliphatic carbocycles. The molecule has 5 rings (SSSR count). The van der Waals surface area contributed by atoms with E-state index >= 15 is 0 Å². The molecule has 1 fully saturated rings. The average molecular weight is 819 g/mol. The first-order valence-electron chi connectivity index (χ1n) is 19.0. The highest BCUT2D eigenvalue weighted by molar-refractivity contribution is 6.33. The van der Waals surface area contributed by atoms with Gasteiger partial charge in [-0.05, 0) is 63.8 Å². The lowest BCUT2D eigenvalue weighted by atomic mass is 9.79. The van der Waals surface area contributed by atoms with Crippen molar-refractivity contribution in [3.63, 3.8) is 0 Å². The molecule has 0 bridgehead atoms. The van der Waals surface area contributed by atoms with Gasteiger partial charge in [-0.3, -0.25) is 38.6 Å². The summed E-state index contributed by atoms with van der Waals surface area (Å²) in [6, 6.07) is 6.00. The normalized spacial score (nSPS) is 17.5. The van der Waals surface area contributed by atoms with E-state index < -0.39 is 29.0 Å². The molecule has 0 atom stereocenters. The zero-order chi connectivity index (χ0) is 43.8. The largest absolute Gasteiger partial charge is 0.396 e. The summed E-state index contributed by atoms with van der Waals surface area (Å²) in [7, 11) is 9.23. The first-order valence-corrected chi connectivity index (χ1v) is 19.0. The van der Waals surface area contributed by atoms with E-state index in [1.54, 1.807) is 28.1 Å². The zero-order valence-electron chi connectivity index (χ0n) is 35.6. The first kappa shape index (κ1) is 50.1. The lowest BCUT2D eigenvalue weighted by Crippen LogP contribution is -2.44. The van der Waals surface area contributed by atoms with Crippen LogP contribution in [0.25, 0.3) is 10.8 Å². The molecule has 2 aromatic carbocycles. The number of carbonyl (C=O) groups is 6. The smallest absolute Gasteiger partial charge is 0.263 e. The van der Waals surface area contributed by atoms with E-state index in [0.29, 0.717) is 24.0 Å². The number of imide groups is 2. The van der Waals surface area contributed by atoms with E-state index in [1.807, 2.05) is 0 Å². The van der Waals surface area contributed by atoms with Crippen LogP contribution in [0, 0.1) is 22.7 Å². The van der Waals surface area contributed by atoms with E-state index in [-0.39, 0.29) is 77.7 Å². The van der Waals surface area contributed by atoms with E-state index in [2.05, 4.69) is 13.8 Å². The van der Waals surface area contributed by atoms with Gasteiger partial charge in [-0.15, -0.1) is 0 Å². The number of methoxy groups -OCH3 is 6. The maximum absolute atomic E-state index is 12.7. The Hall–Kier alpha value is -4.00. The highest BCUT2D eigenvalue weighted by Crippen LogP contribution is 2.38. The molecular formula is C42H62N2O14. The fourth-order valence-electron chi connectivity index (χ4n) is 7.08. The van der Waals surface area contributed by atoms with Crippen LogP contribution < -0.4 is 0 Å². The Bertz CT molecular complexity index is 1540. The second kappa shape index (κ2) is 23.6. The van der Waals surface area contributed by atoms with Crippen LogP contribution >= 0.6 is 0 Å². The number of hydrogen-bond acceptors (Lipinski definition) is 14. The zero-order valence-corrected chi connectivity index (χ0v) is 35.6. The lowest BCUT2D eigenvalue weighted by Gasteiger charge is -2.31. The molecule has 16 nitrogen and oxygen atoms in total. The summed E-state index contributed by atoms with van der Waals surface area (Å²) in [5.74, 6) is -1.03. The minimum atomic E-state index is -0.649. The Morgan fingerprint density at radius 3 is 1.03 bits per heavy atom. The number of nitrogens with zero attached hydrogens (tertiary/aromatic N) is 2. The molecule has 0 aromatic heterocycles. The van der Waals surface area contributed by atoms with Crippen LogP contribution in [0.5, 0.6) is 0 Å². The number of rotatable bonds is 16. The third-order valence-electron chi connectivity index (χ3n) is 10.1. The van der Waals surface area contributed by atoms with Crippen LogP contribution in [-0.2, 0) is 38.0 Å². The Morgan fingerprint density at radius 2 is 0.828 bits per heavy atom. The van der Waals surface area contributed by atoms with Crippen molar-refractivity contribution in [2.24, 2.45) is 22.7 Å². The van der Waals surface area contributed by atoms with Gasteiger partial charge in [-0.2, -0.15) is 0 Å². The van der Waals surface area contributed by atoms with Crippen molar-refractivity contribution in [1.82, 2.24) is 9.80 Å². The fourth-order valence-corrected chi connectivity index (χ4v) is 7.08. The number of ketones is 2. The third-order valence-corrected chi connectivity index (χ3v) is 10.1. The third kappa shape index (κ3) is 12.5. The molecule has 2 heterocycles. The van der Waals surface area contributed by atoms with E-state index in [0.717, 1.165) is 48.7 Å². The van der Waals surface area contributed by atoms with Gasteiger partial charge in [0, 0.05) is 92.9 Å². The summed E-state index contributed by atoms with van der Waals surface area (Å²) >= 11 is 0. The van der Waals surface area contributed by atoms with E-state index in [9.17, 15) is 28.8 Å². The maximum Gasteiger partial charge on any atom is 0.263 e. The molecule has 1 saturated carbocycles. The average Bonchev–Trinajstić information content (AvgIpc) is 3.20. The second-order valence-electron chi connectivity index (χ2n) is 15.5. The van der Waals surface area contributed by atoms with Gasteiger partial charge in [0.25, 0.3) is 23.6 Å². The van der Waals surface area contributed by atoms with Gasteiger partial charge in [0.2, 0.25) is 0 Å². The van der Waals surface area contributed by atoms with Gasteiger partial charge in [0.15, 0.2) is 0 Å². The molecule has 0 saturated heterocycles. The fraction of sp³-hybridized carbons (Fsp3) is 0.619. The summed E-state index contributed by atoms with van der Waals surface area (Å²) in [4.78, 5) is 74.7. The molecule has 4 amide bonds. The number of ether oxygens (including phenoxy) is 6. The standard InChI is InChI=1S/C18H14N2O6.C10H16O2.C7H16O4.C7H16O2/c1-25-7-19-15(21)9-3-5-11-14-12(6-4-10(13(9)14)16(19)22)18(24)20(8-26-2)17(11)23;1-7(11)9-3-5-10(6-4-9)8(2)12;1-10-5-7(3-8,4-9)6-11-2;1-7(2,5-8-3)6-9-4/h3-6H,7-8H2,1-2H3;9-10H,3-6H2,1-2H3;8-9H,3-6H2,1-2H3;5-6H2,1-4H3. The predicted octanol–water partition coefficient (Wildman–Crippen LogP) is 3.77. The minimum absolute atomic E-state index is 0.134. The van der Waals surface area contributed by atoms with Crippen LogP contribution in [0.2, 0.25) is 0 Å². The Balaban J connectivity index is 0.000000303. The highest BCUT2D eigenvalue weighted by Gasteiger charge is 2.39. The topological polar surface area (TPSA) is 205 Å². The van der Waals surface area contributed by atoms with Crippen LogP contribution in [0.15, 0.2) is 24.3 Å². The van der Waals surface area contributed by atoms with Crippen molar-refractivity contribution in [2.75, 3.05) is 95.8 Å². The number of amides is 4. The minimum Gasteiger partial charge on any atom is -0.396 e. The molecule has 0 unspecified atom stereocenters. The van der Waals surface area contributed by atoms with Crippen LogP contribution in [0.4, 0.5) is 0 Å². The molecule has 0 radical (unpaired) electrons. The van der Waals surface area contributed by atoms with Gasteiger partial charge in [0.1, 0.15) is 25.0 Å². The lowest BCUT2D eigenvalue weighted by molar-refractivity contribution is -0.126. The number of aliphatic hydroxyl groups is 2. The van der Waals surface area contributed by atoms with Crippen molar-refractivity contribution in [2.45, 2.75) is 53.4 Å². The molecule has 3 aliphatic rings. The molecule has 0 spiro atoms. The molecule has 324 valence electrons. The van der Waals surface area contributed by atoms with Gasteiger partial charge in [-0.1, -0.05) is 13.8 Å². The first-order chi connectivity index (χ1) is 27.5. The molecule has 16 heteroatoms. The van der Waals surface area contributed by atoms with Crippen molar-refractivity contribution >= 4 is 46.0 Å². The summed E-state index contributed by atoms with van der Waals surface area (Å²) in [6.07, 6.45) is 3.66. The van der Waals surface area contributed by atoms with Crippen molar-refractivity contribution in [1.29, 1.82) is 0 Å². The van der Waals surface area contributed by atoms with Gasteiger partial charge in [0.05, 0.1) is 45.1 Å². The number of benzene rings is 2. The summed E-state index contributed by atoms with van der Waals surface area (Å²) in [5, 5.41) is 18.5. The number of Topliss-reactive ketones (excluding diaryl/α,β-unsaturated/α-hetero) is 2. The van der Waals surface area contributed by atoms with Crippen LogP contribution in [0.3, 0.4) is 0 Å². The molecule has 58 heavy (non-hydrogen) atoms. The molecule has 2 aliphatic heterocycles. The highest BCUT2D eigenvalue weighted by atomic mass is 16.5. The van der Waals surface area contributed by atoms with Crippen LogP contribution in [-0.4, -0.2) is 151 Å². The van der Waals surface area contributed by atoms with E-state index in [1.165, 1.54) is 52.7 Å². The number of carbonyl (C=O) groups excluding carboxylic acids is 6. The van der Waals surface area contributed by atoms with Gasteiger partial charge >= 0.3 is 0 Å². The van der Waals surface area contributed by atoms with E-state index in [4.69, 9.17) is 38.6 Å². The summed E-state index contributed by atoms with van der Waals surface area (Å²) in [5.41, 5.74) is 0.555. The van der Waals surface area contributed by atoms with Crippen LogP contribution in [0.1, 0.15) is 94.8 Å². The van der Waals surface area contributed by atoms with Crippen molar-refractivity contribution < 1.29 is 67.4 Å². The Morgan fingerprint density at radius 1 is 0.552 bits per heavy atom. The second-order valence-corrected chi connectivity index (χ2v) is 15.5. The summed E-state index contributed by atoms with van der Waals surface area (Å²) < 4.78 is 29.5. The van der Waals surface area contributed by atoms with Gasteiger partial charge < -0.3 is 38.6 Å².